The van der Waals surface area contributed by atoms with E-state index in [9.17, 15) is 0 Å². The molecule has 0 aliphatic carbocycles. The molecule has 0 aliphatic heterocycles. The van der Waals surface area contributed by atoms with E-state index in [0.717, 1.165) is 0 Å². The zero-order valence-electron chi connectivity index (χ0n) is 5.26. The first-order chi connectivity index (χ1) is 3.77. The molecule has 2 nitrogen and oxygen atoms in total. The third-order valence-corrected chi connectivity index (χ3v) is 0.800. The molecule has 0 aromatic rings. The van der Waals surface area contributed by atoms with E-state index in [1.54, 1.807) is 0 Å². The molecule has 0 rings (SSSR count). The molecule has 0 heterocycles. The first-order valence-electron chi connectivity index (χ1n) is 2.86. The fraction of sp³-hybridized carbons (Fsp3) is 0.833. The molecule has 0 aromatic heterocycles. The molecule has 0 saturated carbocycles. The molecule has 1 radical (unpaired) electrons. The summed E-state index contributed by atoms with van der Waals surface area (Å²) in [5.41, 5.74) is 0. The smallest absolute Gasteiger partial charge is 0.0563 e. The molecular formula is C6H13O2. The Hall–Kier alpha value is -0.0800. The van der Waals surface area contributed by atoms with Gasteiger partial charge in [0.2, 0.25) is 0 Å². The van der Waals surface area contributed by atoms with Crippen LogP contribution < -0.4 is 0 Å². The van der Waals surface area contributed by atoms with Gasteiger partial charge in [0.1, 0.15) is 0 Å². The lowest BCUT2D eigenvalue weighted by Gasteiger charge is -2.01. The molecule has 0 aliphatic rings. The predicted molar refractivity (Wildman–Crippen MR) is 32.5 cm³/mol. The van der Waals surface area contributed by atoms with Crippen molar-refractivity contribution >= 4 is 0 Å². The quantitative estimate of drug-likeness (QED) is 0.546. The molecule has 1 atom stereocenters. The standard InChI is InChI=1S/C6H13O2/c1-3-8-5-4-6(2)7/h6-7H,2-5H2,1H3. The van der Waals surface area contributed by atoms with E-state index in [-0.39, 0.29) is 0 Å². The van der Waals surface area contributed by atoms with Crippen LogP contribution in [0.15, 0.2) is 0 Å². The van der Waals surface area contributed by atoms with Crippen LogP contribution in [-0.2, 0) is 4.74 Å². The van der Waals surface area contributed by atoms with E-state index in [1.165, 1.54) is 0 Å². The van der Waals surface area contributed by atoms with Crippen molar-refractivity contribution in [2.75, 3.05) is 13.2 Å². The van der Waals surface area contributed by atoms with Gasteiger partial charge in [0.25, 0.3) is 0 Å². The Kier molecular flexibility index (Phi) is 5.01. The summed E-state index contributed by atoms with van der Waals surface area (Å²) in [6.45, 7) is 6.64. The summed E-state index contributed by atoms with van der Waals surface area (Å²) in [6.07, 6.45) is 0.162. The minimum Gasteiger partial charge on any atom is -0.393 e. The average Bonchev–Trinajstić information content (AvgIpc) is 1.66. The highest BCUT2D eigenvalue weighted by atomic mass is 16.5. The van der Waals surface area contributed by atoms with Gasteiger partial charge in [-0.2, -0.15) is 0 Å². The van der Waals surface area contributed by atoms with Gasteiger partial charge in [0, 0.05) is 13.2 Å². The van der Waals surface area contributed by atoms with Crippen LogP contribution in [0.5, 0.6) is 0 Å². The maximum absolute atomic E-state index is 8.59. The van der Waals surface area contributed by atoms with Gasteiger partial charge in [-0.25, -0.2) is 0 Å². The second kappa shape index (κ2) is 5.06. The lowest BCUT2D eigenvalue weighted by atomic mass is 10.3. The Balaban J connectivity index is 2.72. The van der Waals surface area contributed by atoms with Gasteiger partial charge in [-0.15, -0.1) is 0 Å². The average molecular weight is 117 g/mol. The van der Waals surface area contributed by atoms with E-state index in [4.69, 9.17) is 9.84 Å². The number of aliphatic hydroxyl groups excluding tert-OH is 1. The van der Waals surface area contributed by atoms with E-state index in [2.05, 4.69) is 6.92 Å². The van der Waals surface area contributed by atoms with Gasteiger partial charge >= 0.3 is 0 Å². The van der Waals surface area contributed by atoms with E-state index < -0.39 is 6.10 Å². The highest BCUT2D eigenvalue weighted by Crippen LogP contribution is 1.87. The van der Waals surface area contributed by atoms with Crippen LogP contribution in [-0.4, -0.2) is 24.4 Å². The molecular weight excluding hydrogens is 104 g/mol. The Morgan fingerprint density at radius 1 is 1.75 bits per heavy atom. The van der Waals surface area contributed by atoms with Crippen LogP contribution in [0.2, 0.25) is 0 Å². The maximum Gasteiger partial charge on any atom is 0.0563 e. The molecule has 1 unspecified atom stereocenters. The monoisotopic (exact) mass is 117 g/mol. The van der Waals surface area contributed by atoms with Crippen molar-refractivity contribution in [2.24, 2.45) is 0 Å². The molecule has 8 heavy (non-hydrogen) atoms. The van der Waals surface area contributed by atoms with Crippen LogP contribution in [0.3, 0.4) is 0 Å². The highest BCUT2D eigenvalue weighted by molar-refractivity contribution is 4.54. The van der Waals surface area contributed by atoms with Crippen molar-refractivity contribution in [3.8, 4) is 0 Å². The molecule has 1 N–H and O–H groups in total. The molecule has 0 aromatic carbocycles. The number of hydrogen-bond donors (Lipinski definition) is 1. The Labute approximate surface area is 50.5 Å². The molecule has 0 bridgehead atoms. The number of rotatable bonds is 4. The lowest BCUT2D eigenvalue weighted by Crippen LogP contribution is -2.05. The lowest BCUT2D eigenvalue weighted by molar-refractivity contribution is 0.106. The van der Waals surface area contributed by atoms with E-state index in [1.807, 2.05) is 6.92 Å². The van der Waals surface area contributed by atoms with Gasteiger partial charge in [-0.1, -0.05) is 0 Å². The van der Waals surface area contributed by atoms with Crippen molar-refractivity contribution in [2.45, 2.75) is 19.4 Å². The number of aliphatic hydroxyl groups is 1. The summed E-state index contributed by atoms with van der Waals surface area (Å²) in [4.78, 5) is 0. The van der Waals surface area contributed by atoms with Gasteiger partial charge in [-0.3, -0.25) is 0 Å². The minimum absolute atomic E-state index is 0.471. The first-order valence-corrected chi connectivity index (χ1v) is 2.86. The fourth-order valence-electron chi connectivity index (χ4n) is 0.364. The van der Waals surface area contributed by atoms with Crippen LogP contribution >= 0.6 is 0 Å². The third kappa shape index (κ3) is 5.92. The van der Waals surface area contributed by atoms with Crippen molar-refractivity contribution in [1.29, 1.82) is 0 Å². The van der Waals surface area contributed by atoms with Crippen molar-refractivity contribution in [3.05, 3.63) is 6.92 Å². The number of ether oxygens (including phenoxy) is 1. The van der Waals surface area contributed by atoms with Gasteiger partial charge in [0.05, 0.1) is 6.10 Å². The predicted octanol–water partition coefficient (Wildman–Crippen LogP) is 0.608. The second-order valence-corrected chi connectivity index (χ2v) is 1.64. The van der Waals surface area contributed by atoms with Gasteiger partial charge < -0.3 is 9.84 Å². The summed E-state index contributed by atoms with van der Waals surface area (Å²) in [5, 5.41) is 8.59. The minimum atomic E-state index is -0.471. The largest absolute Gasteiger partial charge is 0.393 e. The highest BCUT2D eigenvalue weighted by Gasteiger charge is 1.92. The van der Waals surface area contributed by atoms with Crippen LogP contribution in [0.4, 0.5) is 0 Å². The second-order valence-electron chi connectivity index (χ2n) is 1.64. The molecule has 49 valence electrons. The topological polar surface area (TPSA) is 29.5 Å². The Morgan fingerprint density at radius 2 is 2.38 bits per heavy atom. The fourth-order valence-corrected chi connectivity index (χ4v) is 0.364. The summed E-state index contributed by atoms with van der Waals surface area (Å²) >= 11 is 0. The van der Waals surface area contributed by atoms with Crippen LogP contribution in [0, 0.1) is 6.92 Å². The Morgan fingerprint density at radius 3 is 2.75 bits per heavy atom. The molecule has 0 fully saturated rings. The van der Waals surface area contributed by atoms with Gasteiger partial charge in [0.15, 0.2) is 0 Å². The van der Waals surface area contributed by atoms with E-state index >= 15 is 0 Å². The molecule has 0 amide bonds. The van der Waals surface area contributed by atoms with Crippen LogP contribution in [0.25, 0.3) is 0 Å². The van der Waals surface area contributed by atoms with Crippen molar-refractivity contribution in [3.63, 3.8) is 0 Å². The molecule has 0 saturated heterocycles. The van der Waals surface area contributed by atoms with Crippen molar-refractivity contribution in [1.82, 2.24) is 0 Å². The Bertz CT molecular complexity index is 43.8. The van der Waals surface area contributed by atoms with E-state index in [0.29, 0.717) is 19.6 Å². The van der Waals surface area contributed by atoms with Gasteiger partial charge in [-0.05, 0) is 20.3 Å². The summed E-state index contributed by atoms with van der Waals surface area (Å²) < 4.78 is 4.94. The first kappa shape index (κ1) is 7.92. The number of hydrogen-bond acceptors (Lipinski definition) is 2. The summed E-state index contributed by atoms with van der Waals surface area (Å²) in [5.74, 6) is 0. The molecule has 2 heteroatoms. The third-order valence-electron chi connectivity index (χ3n) is 0.800. The SMILES string of the molecule is [CH2]C(O)CCOCC. The summed E-state index contributed by atoms with van der Waals surface area (Å²) in [7, 11) is 0. The zero-order chi connectivity index (χ0) is 6.41. The van der Waals surface area contributed by atoms with Crippen molar-refractivity contribution < 1.29 is 9.84 Å². The van der Waals surface area contributed by atoms with Crippen LogP contribution in [0.1, 0.15) is 13.3 Å². The normalized spacial score (nSPS) is 13.9. The zero-order valence-corrected chi connectivity index (χ0v) is 5.26. The summed E-state index contributed by atoms with van der Waals surface area (Å²) in [6, 6.07) is 0. The molecule has 0 spiro atoms. The maximum atomic E-state index is 8.59.